The molecule has 2 aromatic carbocycles. The lowest BCUT2D eigenvalue weighted by atomic mass is 9.95. The zero-order valence-corrected chi connectivity index (χ0v) is 20.4. The molecule has 0 unspecified atom stereocenters. The number of benzene rings is 2. The molecule has 1 aromatic heterocycles. The van der Waals surface area contributed by atoms with Crippen molar-refractivity contribution in [3.8, 4) is 11.4 Å². The fraction of sp³-hybridized carbons (Fsp3) is 0.370. The largest absolute Gasteiger partial charge is 0.342 e. The van der Waals surface area contributed by atoms with E-state index in [1.165, 1.54) is 6.92 Å². The van der Waals surface area contributed by atoms with Crippen molar-refractivity contribution in [2.45, 2.75) is 39.0 Å². The third kappa shape index (κ3) is 5.00. The number of nitrogens with one attached hydrogen (secondary N) is 1. The van der Waals surface area contributed by atoms with Crippen LogP contribution in [0, 0.1) is 12.8 Å². The van der Waals surface area contributed by atoms with Crippen LogP contribution in [0.3, 0.4) is 0 Å². The predicted molar refractivity (Wildman–Crippen MR) is 134 cm³/mol. The van der Waals surface area contributed by atoms with Crippen molar-refractivity contribution < 1.29 is 18.9 Å². The van der Waals surface area contributed by atoms with E-state index in [-0.39, 0.29) is 36.0 Å². The molecule has 36 heavy (non-hydrogen) atoms. The van der Waals surface area contributed by atoms with Gasteiger partial charge in [-0.1, -0.05) is 22.9 Å². The highest BCUT2D eigenvalue weighted by atomic mass is 16.5. The summed E-state index contributed by atoms with van der Waals surface area (Å²) in [7, 11) is 0. The first kappa shape index (κ1) is 23.7. The topological polar surface area (TPSA) is 109 Å². The van der Waals surface area contributed by atoms with Crippen molar-refractivity contribution in [2.24, 2.45) is 5.92 Å². The minimum atomic E-state index is -0.314. The summed E-state index contributed by atoms with van der Waals surface area (Å²) in [5.74, 6) is 0.757. The molecule has 2 aliphatic heterocycles. The third-order valence-electron chi connectivity index (χ3n) is 6.88. The van der Waals surface area contributed by atoms with Crippen molar-refractivity contribution >= 4 is 29.1 Å². The lowest BCUT2D eigenvalue weighted by Gasteiger charge is -2.32. The van der Waals surface area contributed by atoms with Gasteiger partial charge < -0.3 is 19.6 Å². The van der Waals surface area contributed by atoms with E-state index < -0.39 is 0 Å². The monoisotopic (exact) mass is 487 g/mol. The molecule has 3 heterocycles. The molecular weight excluding hydrogens is 458 g/mol. The minimum absolute atomic E-state index is 0.00409. The maximum absolute atomic E-state index is 13.2. The van der Waals surface area contributed by atoms with Crippen molar-refractivity contribution in [3.63, 3.8) is 0 Å². The number of hydrogen-bond donors (Lipinski definition) is 1. The summed E-state index contributed by atoms with van der Waals surface area (Å²) >= 11 is 0. The van der Waals surface area contributed by atoms with Gasteiger partial charge >= 0.3 is 0 Å². The molecule has 0 bridgehead atoms. The van der Waals surface area contributed by atoms with Crippen LogP contribution in [0.1, 0.15) is 43.6 Å². The van der Waals surface area contributed by atoms with E-state index in [9.17, 15) is 14.4 Å². The first-order valence-corrected chi connectivity index (χ1v) is 12.2. The second-order valence-corrected chi connectivity index (χ2v) is 9.56. The molecule has 5 rings (SSSR count). The number of aryl methyl sites for hydroxylation is 1. The number of rotatable bonds is 5. The van der Waals surface area contributed by atoms with E-state index in [1.54, 1.807) is 17.0 Å². The number of aromatic nitrogens is 2. The number of hydrogen-bond acceptors (Lipinski definition) is 6. The Kier molecular flexibility index (Phi) is 6.54. The highest BCUT2D eigenvalue weighted by Crippen LogP contribution is 2.31. The Hall–Kier alpha value is -4.01. The molecule has 3 aromatic rings. The quantitative estimate of drug-likeness (QED) is 0.587. The Morgan fingerprint density at radius 3 is 2.39 bits per heavy atom. The fourth-order valence-electron chi connectivity index (χ4n) is 4.88. The fourth-order valence-corrected chi connectivity index (χ4v) is 4.88. The summed E-state index contributed by atoms with van der Waals surface area (Å²) in [4.78, 5) is 45.1. The van der Waals surface area contributed by atoms with Crippen LogP contribution in [0.2, 0.25) is 0 Å². The van der Waals surface area contributed by atoms with Crippen LogP contribution >= 0.6 is 0 Å². The van der Waals surface area contributed by atoms with Crippen LogP contribution in [0.15, 0.2) is 53.1 Å². The molecule has 1 atom stereocenters. The summed E-state index contributed by atoms with van der Waals surface area (Å²) in [5, 5.41) is 6.86. The van der Waals surface area contributed by atoms with Gasteiger partial charge in [0.1, 0.15) is 0 Å². The lowest BCUT2D eigenvalue weighted by molar-refractivity contribution is -0.136. The number of carbonyl (C=O) groups is 3. The summed E-state index contributed by atoms with van der Waals surface area (Å²) in [6, 6.07) is 15.1. The van der Waals surface area contributed by atoms with Gasteiger partial charge in [0.2, 0.25) is 29.4 Å². The molecule has 0 aliphatic carbocycles. The molecule has 2 aliphatic rings. The summed E-state index contributed by atoms with van der Waals surface area (Å²) in [6.45, 7) is 5.09. The first-order chi connectivity index (χ1) is 17.4. The van der Waals surface area contributed by atoms with Gasteiger partial charge in [-0.05, 0) is 56.2 Å². The van der Waals surface area contributed by atoms with E-state index in [0.29, 0.717) is 37.0 Å². The smallest absolute Gasteiger partial charge is 0.230 e. The summed E-state index contributed by atoms with van der Waals surface area (Å²) in [6.07, 6.45) is 1.72. The Morgan fingerprint density at radius 1 is 1.03 bits per heavy atom. The Balaban J connectivity index is 1.16. The predicted octanol–water partition coefficient (Wildman–Crippen LogP) is 3.76. The number of likely N-dealkylation sites (tertiary alicyclic amines) is 1. The molecule has 2 fully saturated rings. The van der Waals surface area contributed by atoms with Crippen molar-refractivity contribution in [1.82, 2.24) is 15.0 Å². The first-order valence-electron chi connectivity index (χ1n) is 12.2. The average Bonchev–Trinajstić information content (AvgIpc) is 3.52. The van der Waals surface area contributed by atoms with Gasteiger partial charge in [-0.3, -0.25) is 14.4 Å². The zero-order chi connectivity index (χ0) is 25.2. The lowest BCUT2D eigenvalue weighted by Crippen LogP contribution is -2.42. The molecule has 9 nitrogen and oxygen atoms in total. The van der Waals surface area contributed by atoms with Crippen LogP contribution in [0.4, 0.5) is 11.4 Å². The normalized spacial score (nSPS) is 18.5. The van der Waals surface area contributed by atoms with Gasteiger partial charge in [0.05, 0.1) is 5.92 Å². The molecule has 0 spiro atoms. The molecule has 186 valence electrons. The Morgan fingerprint density at radius 2 is 1.72 bits per heavy atom. The van der Waals surface area contributed by atoms with E-state index in [2.05, 4.69) is 15.5 Å². The SMILES string of the molecule is CC(=O)Nc1ccc(-c2noc(C3CCN(C(=O)[C@@H]4CC(=O)N(c5ccc(C)cc5)C4)CC3)n2)cc1. The zero-order valence-electron chi connectivity index (χ0n) is 20.4. The second-order valence-electron chi connectivity index (χ2n) is 9.56. The van der Waals surface area contributed by atoms with Crippen LogP contribution in [-0.2, 0) is 14.4 Å². The maximum atomic E-state index is 13.2. The summed E-state index contributed by atoms with van der Waals surface area (Å²) < 4.78 is 5.55. The van der Waals surface area contributed by atoms with Gasteiger partial charge in [-0.25, -0.2) is 0 Å². The van der Waals surface area contributed by atoms with E-state index in [0.717, 1.165) is 29.7 Å². The van der Waals surface area contributed by atoms with Crippen molar-refractivity contribution in [1.29, 1.82) is 0 Å². The van der Waals surface area contributed by atoms with Crippen molar-refractivity contribution in [3.05, 3.63) is 60.0 Å². The summed E-state index contributed by atoms with van der Waals surface area (Å²) in [5.41, 5.74) is 3.49. The number of anilines is 2. The van der Waals surface area contributed by atoms with Gasteiger partial charge in [-0.15, -0.1) is 0 Å². The highest BCUT2D eigenvalue weighted by Gasteiger charge is 2.38. The maximum Gasteiger partial charge on any atom is 0.230 e. The highest BCUT2D eigenvalue weighted by molar-refractivity contribution is 6.00. The molecule has 1 N–H and O–H groups in total. The van der Waals surface area contributed by atoms with Crippen molar-refractivity contribution in [2.75, 3.05) is 29.9 Å². The van der Waals surface area contributed by atoms with Gasteiger partial charge in [0.15, 0.2) is 0 Å². The van der Waals surface area contributed by atoms with E-state index in [1.807, 2.05) is 48.2 Å². The van der Waals surface area contributed by atoms with Crippen LogP contribution in [0.25, 0.3) is 11.4 Å². The molecule has 2 saturated heterocycles. The van der Waals surface area contributed by atoms with E-state index in [4.69, 9.17) is 4.52 Å². The standard InChI is InChI=1S/C27H29N5O4/c1-17-3-9-23(10-4-17)32-16-21(15-24(32)34)27(35)31-13-11-20(12-14-31)26-29-25(30-36-26)19-5-7-22(8-6-19)28-18(2)33/h3-10,20-21H,11-16H2,1-2H3,(H,28,33)/t21-/m1/s1. The molecule has 9 heteroatoms. The van der Waals surface area contributed by atoms with Gasteiger partial charge in [0.25, 0.3) is 0 Å². The van der Waals surface area contributed by atoms with Gasteiger partial charge in [-0.2, -0.15) is 4.98 Å². The molecule has 0 saturated carbocycles. The average molecular weight is 488 g/mol. The Bertz CT molecular complexity index is 1260. The Labute approximate surface area is 209 Å². The third-order valence-corrected chi connectivity index (χ3v) is 6.88. The minimum Gasteiger partial charge on any atom is -0.342 e. The molecule has 3 amide bonds. The molecular formula is C27H29N5O4. The van der Waals surface area contributed by atoms with Crippen LogP contribution in [0.5, 0.6) is 0 Å². The number of nitrogens with zero attached hydrogens (tertiary/aromatic N) is 4. The van der Waals surface area contributed by atoms with Gasteiger partial charge in [0, 0.05) is 55.8 Å². The molecule has 0 radical (unpaired) electrons. The number of piperidine rings is 1. The number of amides is 3. The second kappa shape index (κ2) is 9.93. The van der Waals surface area contributed by atoms with E-state index >= 15 is 0 Å². The number of carbonyl (C=O) groups excluding carboxylic acids is 3. The van der Waals surface area contributed by atoms with Crippen LogP contribution in [-0.4, -0.2) is 52.4 Å². The van der Waals surface area contributed by atoms with Crippen LogP contribution < -0.4 is 10.2 Å².